The van der Waals surface area contributed by atoms with Crippen LogP contribution >= 0.6 is 11.8 Å². The number of ether oxygens (including phenoxy) is 2. The lowest BCUT2D eigenvalue weighted by Gasteiger charge is -2.47. The molecule has 1 fully saturated rings. The molecule has 3 atom stereocenters. The van der Waals surface area contributed by atoms with Crippen molar-refractivity contribution in [3.05, 3.63) is 131 Å². The first kappa shape index (κ1) is 35.7. The molecular formula is C37H33F2N3O7S. The van der Waals surface area contributed by atoms with E-state index in [4.69, 9.17) is 9.47 Å². The number of benzene rings is 4. The van der Waals surface area contributed by atoms with Gasteiger partial charge in [-0.1, -0.05) is 42.5 Å². The average molecular weight is 702 g/mol. The van der Waals surface area contributed by atoms with Crippen LogP contribution in [0.3, 0.4) is 0 Å². The van der Waals surface area contributed by atoms with Crippen molar-refractivity contribution in [1.82, 2.24) is 10.6 Å². The lowest BCUT2D eigenvalue weighted by molar-refractivity contribution is -0.145. The average Bonchev–Trinajstić information content (AvgIpc) is 3.13. The molecule has 4 aromatic rings. The Balaban J connectivity index is 1.16. The molecule has 0 saturated carbocycles. The minimum Gasteiger partial charge on any atom is -0.484 e. The van der Waals surface area contributed by atoms with Gasteiger partial charge in [-0.3, -0.25) is 19.2 Å². The van der Waals surface area contributed by atoms with Gasteiger partial charge in [0, 0.05) is 17.7 Å². The summed E-state index contributed by atoms with van der Waals surface area (Å²) >= 11 is 1.16. The number of esters is 1. The molecule has 0 aliphatic carbocycles. The van der Waals surface area contributed by atoms with Crippen LogP contribution in [-0.2, 0) is 30.3 Å². The summed E-state index contributed by atoms with van der Waals surface area (Å²) in [6, 6.07) is 25.1. The fourth-order valence-electron chi connectivity index (χ4n) is 5.29. The second kappa shape index (κ2) is 16.7. The van der Waals surface area contributed by atoms with Crippen LogP contribution in [0.1, 0.15) is 27.5 Å². The smallest absolute Gasteiger partial charge is 0.328 e. The van der Waals surface area contributed by atoms with E-state index in [0.717, 1.165) is 17.3 Å². The predicted octanol–water partition coefficient (Wildman–Crippen LogP) is 4.43. The molecule has 50 heavy (non-hydrogen) atoms. The van der Waals surface area contributed by atoms with Gasteiger partial charge >= 0.3 is 5.97 Å². The number of rotatable bonds is 15. The molecule has 0 radical (unpaired) electrons. The van der Waals surface area contributed by atoms with Crippen molar-refractivity contribution in [3.8, 4) is 5.75 Å². The van der Waals surface area contributed by atoms with Gasteiger partial charge in [0.1, 0.15) is 28.7 Å². The maximum atomic E-state index is 13.6. The molecule has 0 unspecified atom stereocenters. The zero-order valence-electron chi connectivity index (χ0n) is 26.8. The van der Waals surface area contributed by atoms with E-state index in [0.29, 0.717) is 22.6 Å². The number of hydrogen-bond donors (Lipinski definition) is 2. The Hall–Kier alpha value is -5.56. The Kier molecular flexibility index (Phi) is 11.9. The Morgan fingerprint density at radius 2 is 1.48 bits per heavy atom. The largest absolute Gasteiger partial charge is 0.484 e. The molecule has 1 saturated heterocycles. The Labute approximate surface area is 291 Å². The quantitative estimate of drug-likeness (QED) is 0.106. The van der Waals surface area contributed by atoms with E-state index in [1.807, 2.05) is 30.3 Å². The number of nitrogens with zero attached hydrogens (tertiary/aromatic N) is 1. The van der Waals surface area contributed by atoms with Crippen LogP contribution in [0.4, 0.5) is 14.5 Å². The highest BCUT2D eigenvalue weighted by Crippen LogP contribution is 2.45. The second-order valence-electron chi connectivity index (χ2n) is 11.3. The predicted molar refractivity (Wildman–Crippen MR) is 183 cm³/mol. The van der Waals surface area contributed by atoms with Gasteiger partial charge in [-0.15, -0.1) is 11.8 Å². The summed E-state index contributed by atoms with van der Waals surface area (Å²) < 4.78 is 37.3. The molecular weight excluding hydrogens is 668 g/mol. The number of thioether (sulfide) groups is 1. The second-order valence-corrected chi connectivity index (χ2v) is 12.4. The lowest BCUT2D eigenvalue weighted by atomic mass is 9.92. The van der Waals surface area contributed by atoms with Gasteiger partial charge in [0.15, 0.2) is 12.4 Å². The maximum Gasteiger partial charge on any atom is 0.328 e. The Bertz CT molecular complexity index is 1830. The number of carbonyl (C=O) groups excluding carboxylic acids is 5. The summed E-state index contributed by atoms with van der Waals surface area (Å²) in [6.07, 6.45) is 0.219. The molecule has 10 nitrogen and oxygen atoms in total. The van der Waals surface area contributed by atoms with Crippen LogP contribution < -0.4 is 20.3 Å². The van der Waals surface area contributed by atoms with Crippen molar-refractivity contribution in [2.24, 2.45) is 0 Å². The van der Waals surface area contributed by atoms with Crippen molar-refractivity contribution < 1.29 is 42.2 Å². The van der Waals surface area contributed by atoms with Gasteiger partial charge in [-0.25, -0.2) is 13.6 Å². The van der Waals surface area contributed by atoms with E-state index in [1.54, 1.807) is 24.3 Å². The number of ketones is 1. The Morgan fingerprint density at radius 1 is 0.840 bits per heavy atom. The molecule has 5 rings (SSSR count). The number of hydrogen-bond acceptors (Lipinski definition) is 8. The fourth-order valence-corrected chi connectivity index (χ4v) is 6.51. The molecule has 3 amide bonds. The van der Waals surface area contributed by atoms with Gasteiger partial charge < -0.3 is 25.0 Å². The molecule has 1 heterocycles. The maximum absolute atomic E-state index is 13.6. The summed E-state index contributed by atoms with van der Waals surface area (Å²) in [7, 11) is 1.23. The molecule has 2 N–H and O–H groups in total. The number of amides is 3. The highest BCUT2D eigenvalue weighted by Gasteiger charge is 2.49. The van der Waals surface area contributed by atoms with Gasteiger partial charge in [-0.05, 0) is 71.8 Å². The van der Waals surface area contributed by atoms with Crippen LogP contribution in [0.5, 0.6) is 5.75 Å². The van der Waals surface area contributed by atoms with E-state index in [-0.39, 0.29) is 30.4 Å². The summed E-state index contributed by atoms with van der Waals surface area (Å²) in [6.45, 7) is -0.786. The molecule has 0 bridgehead atoms. The molecule has 1 aliphatic heterocycles. The third-order valence-electron chi connectivity index (χ3n) is 7.85. The SMILES string of the molecule is COC(=O)[C@H](Cc1ccccc1)NC(=O)CNC(=O)COc1ccc([C@@H]2[C@@H](SCC(=O)c3ccc(F)cc3)C(=O)N2c2ccc(F)cc2)cc1. The summed E-state index contributed by atoms with van der Waals surface area (Å²) in [5.41, 5.74) is 2.36. The van der Waals surface area contributed by atoms with E-state index in [9.17, 15) is 32.8 Å². The molecule has 258 valence electrons. The van der Waals surface area contributed by atoms with E-state index in [1.165, 1.54) is 60.5 Å². The Morgan fingerprint density at radius 3 is 2.12 bits per heavy atom. The highest BCUT2D eigenvalue weighted by molar-refractivity contribution is 8.01. The normalized spacial score (nSPS) is 15.7. The molecule has 1 aliphatic rings. The van der Waals surface area contributed by atoms with Crippen molar-refractivity contribution in [1.29, 1.82) is 0 Å². The van der Waals surface area contributed by atoms with Gasteiger partial charge in [0.2, 0.25) is 11.8 Å². The van der Waals surface area contributed by atoms with Crippen molar-refractivity contribution in [2.45, 2.75) is 23.8 Å². The number of methoxy groups -OCH3 is 1. The van der Waals surface area contributed by atoms with E-state index < -0.39 is 53.4 Å². The number of halogens is 2. The molecule has 0 aromatic heterocycles. The van der Waals surface area contributed by atoms with Crippen molar-refractivity contribution in [2.75, 3.05) is 30.9 Å². The summed E-state index contributed by atoms with van der Waals surface area (Å²) in [4.78, 5) is 64.7. The van der Waals surface area contributed by atoms with E-state index in [2.05, 4.69) is 10.6 Å². The van der Waals surface area contributed by atoms with Crippen molar-refractivity contribution >= 4 is 46.9 Å². The minimum absolute atomic E-state index is 0.0134. The van der Waals surface area contributed by atoms with E-state index >= 15 is 0 Å². The molecule has 0 spiro atoms. The van der Waals surface area contributed by atoms with Gasteiger partial charge in [0.25, 0.3) is 5.91 Å². The number of anilines is 1. The van der Waals surface area contributed by atoms with Crippen molar-refractivity contribution in [3.63, 3.8) is 0 Å². The topological polar surface area (TPSA) is 131 Å². The summed E-state index contributed by atoms with van der Waals surface area (Å²) in [5.74, 6) is -2.85. The molecule has 4 aromatic carbocycles. The minimum atomic E-state index is -0.931. The standard InChI is InChI=1S/C37H33F2N3O7S/c1-48-37(47)30(19-23-5-3-2-4-6-23)41-32(44)20-40-33(45)21-49-29-17-9-25(10-18-29)34-35(36(46)42(34)28-15-13-27(39)14-16-28)50-22-31(43)24-7-11-26(38)12-8-24/h2-18,30,34-35H,19-22H2,1H3,(H,40,45)(H,41,44)/t30-,34+,35+/m0/s1. The van der Waals surface area contributed by atoms with Crippen LogP contribution in [0, 0.1) is 11.6 Å². The van der Waals surface area contributed by atoms with Crippen LogP contribution in [0.25, 0.3) is 0 Å². The fraction of sp³-hybridized carbons (Fsp3) is 0.216. The zero-order valence-corrected chi connectivity index (χ0v) is 27.7. The summed E-state index contributed by atoms with van der Waals surface area (Å²) in [5, 5.41) is 4.40. The third kappa shape index (κ3) is 9.11. The van der Waals surface area contributed by atoms with Crippen LogP contribution in [0.15, 0.2) is 103 Å². The number of carbonyl (C=O) groups is 5. The first-order valence-electron chi connectivity index (χ1n) is 15.5. The van der Waals surface area contributed by atoms with Gasteiger partial charge in [0.05, 0.1) is 25.4 Å². The number of nitrogens with one attached hydrogen (secondary N) is 2. The zero-order chi connectivity index (χ0) is 35.6. The number of Topliss-reactive ketones (excluding diaryl/α,β-unsaturated/α-hetero) is 1. The highest BCUT2D eigenvalue weighted by atomic mass is 32.2. The lowest BCUT2D eigenvalue weighted by Crippen LogP contribution is -2.57. The third-order valence-corrected chi connectivity index (χ3v) is 9.10. The molecule has 13 heteroatoms. The monoisotopic (exact) mass is 701 g/mol. The first-order valence-corrected chi connectivity index (χ1v) is 16.6. The van der Waals surface area contributed by atoms with Crippen LogP contribution in [0.2, 0.25) is 0 Å². The van der Waals surface area contributed by atoms with Crippen LogP contribution in [-0.4, -0.2) is 66.8 Å². The number of β-lactam (4-membered cyclic amide) rings is 1. The first-order chi connectivity index (χ1) is 24.1. The van der Waals surface area contributed by atoms with Gasteiger partial charge in [-0.2, -0.15) is 0 Å².